The van der Waals surface area contributed by atoms with Gasteiger partial charge in [-0.1, -0.05) is 0 Å². The number of carbonyl (C=O) groups is 4. The van der Waals surface area contributed by atoms with Crippen LogP contribution in [0, 0.1) is 5.41 Å². The summed E-state index contributed by atoms with van der Waals surface area (Å²) in [5.74, 6) is -3.51. The van der Waals surface area contributed by atoms with E-state index >= 15 is 0 Å². The Labute approximate surface area is 81.1 Å². The zero-order valence-electron chi connectivity index (χ0n) is 8.29. The lowest BCUT2D eigenvalue weighted by atomic mass is 9.74. The van der Waals surface area contributed by atoms with Crippen LogP contribution >= 0.6 is 0 Å². The molecule has 0 aromatic heterocycles. The molecule has 0 radical (unpaired) electrons. The number of hydrogen-bond donors (Lipinski definition) is 1. The number of carboxylic acids is 1. The van der Waals surface area contributed by atoms with Crippen molar-refractivity contribution in [3.63, 3.8) is 0 Å². The van der Waals surface area contributed by atoms with Crippen molar-refractivity contribution < 1.29 is 24.3 Å². The molecule has 0 aliphatic heterocycles. The van der Waals surface area contributed by atoms with Crippen LogP contribution in [0.25, 0.3) is 0 Å². The molecule has 0 unspecified atom stereocenters. The monoisotopic (exact) mass is 200 g/mol. The molecule has 0 rings (SSSR count). The maximum atomic E-state index is 11.2. The van der Waals surface area contributed by atoms with Gasteiger partial charge in [-0.15, -0.1) is 0 Å². The molecule has 0 heterocycles. The minimum Gasteiger partial charge on any atom is -0.481 e. The summed E-state index contributed by atoms with van der Waals surface area (Å²) in [4.78, 5) is 44.0. The van der Waals surface area contributed by atoms with Crippen LogP contribution < -0.4 is 0 Å². The first kappa shape index (κ1) is 12.5. The number of hydrogen-bond acceptors (Lipinski definition) is 4. The van der Waals surface area contributed by atoms with Crippen molar-refractivity contribution in [2.45, 2.75) is 27.2 Å². The highest BCUT2D eigenvalue weighted by Crippen LogP contribution is 2.26. The lowest BCUT2D eigenvalue weighted by Gasteiger charge is -2.23. The fourth-order valence-electron chi connectivity index (χ4n) is 1.34. The first-order valence-electron chi connectivity index (χ1n) is 4.00. The first-order chi connectivity index (χ1) is 6.25. The fraction of sp³-hybridized carbons (Fsp3) is 0.556. The maximum absolute atomic E-state index is 11.2. The number of rotatable bonds is 5. The van der Waals surface area contributed by atoms with Crippen molar-refractivity contribution in [3.05, 3.63) is 0 Å². The van der Waals surface area contributed by atoms with Crippen molar-refractivity contribution in [2.75, 3.05) is 0 Å². The van der Waals surface area contributed by atoms with Gasteiger partial charge in [0.05, 0.1) is 6.42 Å². The van der Waals surface area contributed by atoms with Gasteiger partial charge in [0.15, 0.2) is 22.8 Å². The molecule has 0 aromatic carbocycles. The summed E-state index contributed by atoms with van der Waals surface area (Å²) in [6.07, 6.45) is -0.771. The summed E-state index contributed by atoms with van der Waals surface area (Å²) in [7, 11) is 0. The minimum atomic E-state index is -1.99. The largest absolute Gasteiger partial charge is 0.481 e. The van der Waals surface area contributed by atoms with Gasteiger partial charge in [-0.05, 0) is 20.8 Å². The Balaban J connectivity index is 5.38. The number of carboxylic acid groups (broad SMARTS) is 1. The van der Waals surface area contributed by atoms with Gasteiger partial charge in [0.2, 0.25) is 0 Å². The average molecular weight is 200 g/mol. The van der Waals surface area contributed by atoms with Gasteiger partial charge in [-0.3, -0.25) is 19.2 Å². The minimum absolute atomic E-state index is 0.722. The molecule has 0 saturated heterocycles. The van der Waals surface area contributed by atoms with Gasteiger partial charge in [0.25, 0.3) is 0 Å². The highest BCUT2D eigenvalue weighted by Gasteiger charge is 2.47. The Morgan fingerprint density at radius 2 is 1.21 bits per heavy atom. The number of ketones is 3. The predicted molar refractivity (Wildman–Crippen MR) is 46.7 cm³/mol. The summed E-state index contributed by atoms with van der Waals surface area (Å²) < 4.78 is 0. The molecule has 0 bridgehead atoms. The first-order valence-corrected chi connectivity index (χ1v) is 4.00. The van der Waals surface area contributed by atoms with Crippen LogP contribution in [0.1, 0.15) is 27.2 Å². The second kappa shape index (κ2) is 4.13. The molecule has 0 amide bonds. The third-order valence-corrected chi connectivity index (χ3v) is 2.22. The number of aliphatic carboxylic acids is 1. The standard InChI is InChI=1S/C9H12O5/c1-5(10)9(6(2)11,7(3)12)4-8(13)14/h4H2,1-3H3,(H,13,14). The van der Waals surface area contributed by atoms with Crippen LogP contribution in [0.2, 0.25) is 0 Å². The van der Waals surface area contributed by atoms with E-state index in [-0.39, 0.29) is 0 Å². The quantitative estimate of drug-likeness (QED) is 0.641. The molecule has 0 atom stereocenters. The summed E-state index contributed by atoms with van der Waals surface area (Å²) in [6, 6.07) is 0. The Hall–Kier alpha value is -1.52. The van der Waals surface area contributed by atoms with Gasteiger partial charge in [0.1, 0.15) is 0 Å². The predicted octanol–water partition coefficient (Wildman–Crippen LogP) is 0.214. The van der Waals surface area contributed by atoms with Gasteiger partial charge < -0.3 is 5.11 Å². The van der Waals surface area contributed by atoms with Gasteiger partial charge in [-0.2, -0.15) is 0 Å². The maximum Gasteiger partial charge on any atom is 0.305 e. The highest BCUT2D eigenvalue weighted by atomic mass is 16.4. The SMILES string of the molecule is CC(=O)C(CC(=O)O)(C(C)=O)C(C)=O. The van der Waals surface area contributed by atoms with Crippen LogP contribution in [0.15, 0.2) is 0 Å². The van der Waals surface area contributed by atoms with Crippen LogP contribution in [0.4, 0.5) is 0 Å². The van der Waals surface area contributed by atoms with Crippen molar-refractivity contribution >= 4 is 23.3 Å². The smallest absolute Gasteiger partial charge is 0.305 e. The molecule has 14 heavy (non-hydrogen) atoms. The Morgan fingerprint density at radius 1 is 0.929 bits per heavy atom. The molecular weight excluding hydrogens is 188 g/mol. The van der Waals surface area contributed by atoms with Crippen LogP contribution in [-0.2, 0) is 19.2 Å². The number of carbonyl (C=O) groups excluding carboxylic acids is 3. The summed E-state index contributed by atoms with van der Waals surface area (Å²) in [5.41, 5.74) is -1.99. The van der Waals surface area contributed by atoms with Gasteiger partial charge >= 0.3 is 5.97 Å². The Kier molecular flexibility index (Phi) is 3.68. The Bertz CT molecular complexity index is 266. The van der Waals surface area contributed by atoms with E-state index in [0.29, 0.717) is 0 Å². The van der Waals surface area contributed by atoms with Crippen LogP contribution in [0.3, 0.4) is 0 Å². The Morgan fingerprint density at radius 3 is 1.29 bits per heavy atom. The second-order valence-corrected chi connectivity index (χ2v) is 3.14. The number of Topliss-reactive ketones (excluding diaryl/α,β-unsaturated/α-hetero) is 3. The third kappa shape index (κ3) is 2.04. The molecule has 0 spiro atoms. The zero-order chi connectivity index (χ0) is 11.5. The lowest BCUT2D eigenvalue weighted by molar-refractivity contribution is -0.154. The van der Waals surface area contributed by atoms with E-state index in [1.165, 1.54) is 0 Å². The van der Waals surface area contributed by atoms with E-state index in [1.807, 2.05) is 0 Å². The van der Waals surface area contributed by atoms with Crippen LogP contribution in [-0.4, -0.2) is 28.4 Å². The molecule has 0 aromatic rings. The van der Waals surface area contributed by atoms with E-state index < -0.39 is 35.2 Å². The summed E-state index contributed by atoms with van der Waals surface area (Å²) in [5, 5.41) is 8.54. The molecule has 0 fully saturated rings. The van der Waals surface area contributed by atoms with E-state index in [9.17, 15) is 19.2 Å². The van der Waals surface area contributed by atoms with E-state index in [1.54, 1.807) is 0 Å². The molecule has 1 N–H and O–H groups in total. The summed E-state index contributed by atoms with van der Waals surface area (Å²) in [6.45, 7) is 3.14. The topological polar surface area (TPSA) is 88.5 Å². The van der Waals surface area contributed by atoms with E-state index in [2.05, 4.69) is 0 Å². The normalized spacial score (nSPS) is 10.8. The summed E-state index contributed by atoms with van der Waals surface area (Å²) >= 11 is 0. The van der Waals surface area contributed by atoms with Gasteiger partial charge in [0, 0.05) is 0 Å². The van der Waals surface area contributed by atoms with Crippen LogP contribution in [0.5, 0.6) is 0 Å². The molecule has 0 saturated carbocycles. The lowest BCUT2D eigenvalue weighted by Crippen LogP contribution is -2.44. The van der Waals surface area contributed by atoms with Crippen molar-refractivity contribution in [2.24, 2.45) is 5.41 Å². The molecule has 5 nitrogen and oxygen atoms in total. The molecule has 78 valence electrons. The van der Waals surface area contributed by atoms with E-state index in [0.717, 1.165) is 20.8 Å². The fourth-order valence-corrected chi connectivity index (χ4v) is 1.34. The molecular formula is C9H12O5. The van der Waals surface area contributed by atoms with E-state index in [4.69, 9.17) is 5.11 Å². The molecule has 0 aliphatic rings. The zero-order valence-corrected chi connectivity index (χ0v) is 8.29. The molecule has 5 heteroatoms. The second-order valence-electron chi connectivity index (χ2n) is 3.14. The van der Waals surface area contributed by atoms with Crippen molar-refractivity contribution in [1.82, 2.24) is 0 Å². The average Bonchev–Trinajstić information content (AvgIpc) is 1.97. The third-order valence-electron chi connectivity index (χ3n) is 2.22. The van der Waals surface area contributed by atoms with Gasteiger partial charge in [-0.25, -0.2) is 0 Å². The van der Waals surface area contributed by atoms with Crippen molar-refractivity contribution in [1.29, 1.82) is 0 Å². The highest BCUT2D eigenvalue weighted by molar-refractivity contribution is 6.24. The van der Waals surface area contributed by atoms with Crippen molar-refractivity contribution in [3.8, 4) is 0 Å². The molecule has 0 aliphatic carbocycles.